The molecule has 1 aromatic heterocycles. The van der Waals surface area contributed by atoms with E-state index in [0.717, 1.165) is 24.5 Å². The van der Waals surface area contributed by atoms with Crippen LogP contribution in [0, 0.1) is 0 Å². The van der Waals surface area contributed by atoms with E-state index in [1.807, 2.05) is 29.2 Å². The van der Waals surface area contributed by atoms with Gasteiger partial charge in [0.2, 0.25) is 5.91 Å². The zero-order chi connectivity index (χ0) is 20.8. The second kappa shape index (κ2) is 10.3. The summed E-state index contributed by atoms with van der Waals surface area (Å²) in [7, 11) is 0. The predicted molar refractivity (Wildman–Crippen MR) is 112 cm³/mol. The molecule has 1 aromatic carbocycles. The van der Waals surface area contributed by atoms with E-state index in [2.05, 4.69) is 15.1 Å². The molecular formula is C21H27ClN4O4. The van der Waals surface area contributed by atoms with Crippen LogP contribution >= 0.6 is 11.6 Å². The van der Waals surface area contributed by atoms with Gasteiger partial charge >= 0.3 is 0 Å². The summed E-state index contributed by atoms with van der Waals surface area (Å²) in [5.74, 6) is 0.804. The number of nitrogens with one attached hydrogen (secondary N) is 1. The molecular weight excluding hydrogens is 408 g/mol. The van der Waals surface area contributed by atoms with Crippen molar-refractivity contribution >= 4 is 17.5 Å². The number of aromatic nitrogens is 2. The van der Waals surface area contributed by atoms with Crippen molar-refractivity contribution in [1.82, 2.24) is 20.0 Å². The number of amides is 1. The maximum Gasteiger partial charge on any atom is 0.236 e. The largest absolute Gasteiger partial charge is 0.492 e. The van der Waals surface area contributed by atoms with Crippen molar-refractivity contribution in [3.05, 3.63) is 46.7 Å². The minimum absolute atomic E-state index is 0.133. The zero-order valence-corrected chi connectivity index (χ0v) is 17.6. The molecule has 0 radical (unpaired) electrons. The Kier molecular flexibility index (Phi) is 7.22. The third-order valence-corrected chi connectivity index (χ3v) is 5.64. The minimum atomic E-state index is -0.220. The van der Waals surface area contributed by atoms with E-state index in [1.54, 1.807) is 6.07 Å². The average molecular weight is 435 g/mol. The van der Waals surface area contributed by atoms with Crippen molar-refractivity contribution in [2.45, 2.75) is 12.5 Å². The van der Waals surface area contributed by atoms with Crippen LogP contribution in [0.2, 0.25) is 5.02 Å². The Balaban J connectivity index is 1.27. The minimum Gasteiger partial charge on any atom is -0.492 e. The highest BCUT2D eigenvalue weighted by Gasteiger charge is 2.28. The summed E-state index contributed by atoms with van der Waals surface area (Å²) in [6.45, 7) is 5.55. The van der Waals surface area contributed by atoms with E-state index in [0.29, 0.717) is 63.3 Å². The van der Waals surface area contributed by atoms with Crippen molar-refractivity contribution in [3.63, 3.8) is 0 Å². The number of para-hydroxylation sites is 1. The van der Waals surface area contributed by atoms with E-state index in [-0.39, 0.29) is 12.0 Å². The summed E-state index contributed by atoms with van der Waals surface area (Å²) in [6, 6.07) is 9.39. The van der Waals surface area contributed by atoms with Crippen LogP contribution in [0.25, 0.3) is 0 Å². The van der Waals surface area contributed by atoms with Crippen molar-refractivity contribution in [2.75, 3.05) is 59.2 Å². The monoisotopic (exact) mass is 434 g/mol. The number of aromatic amines is 1. The lowest BCUT2D eigenvalue weighted by Gasteiger charge is -2.34. The SMILES string of the molecule is O=C(CN1CCOCC1)N1CCOC(c2cc(CCOc3ccccc3Cl)[nH]n2)C1. The van der Waals surface area contributed by atoms with Gasteiger partial charge in [0.1, 0.15) is 11.9 Å². The molecule has 4 rings (SSSR count). The first-order valence-corrected chi connectivity index (χ1v) is 10.7. The number of benzene rings is 1. The smallest absolute Gasteiger partial charge is 0.236 e. The molecule has 0 spiro atoms. The highest BCUT2D eigenvalue weighted by molar-refractivity contribution is 6.32. The maximum atomic E-state index is 12.7. The van der Waals surface area contributed by atoms with Gasteiger partial charge in [-0.3, -0.25) is 14.8 Å². The van der Waals surface area contributed by atoms with E-state index in [4.69, 9.17) is 25.8 Å². The number of carbonyl (C=O) groups is 1. The van der Waals surface area contributed by atoms with Gasteiger partial charge in [-0.05, 0) is 18.2 Å². The quantitative estimate of drug-likeness (QED) is 0.717. The summed E-state index contributed by atoms with van der Waals surface area (Å²) < 4.78 is 17.0. The second-order valence-electron chi connectivity index (χ2n) is 7.43. The van der Waals surface area contributed by atoms with Gasteiger partial charge in [-0.25, -0.2) is 0 Å². The highest BCUT2D eigenvalue weighted by atomic mass is 35.5. The first-order chi connectivity index (χ1) is 14.7. The second-order valence-corrected chi connectivity index (χ2v) is 7.84. The van der Waals surface area contributed by atoms with Crippen molar-refractivity contribution in [3.8, 4) is 5.75 Å². The fourth-order valence-corrected chi connectivity index (χ4v) is 3.80. The number of H-pyrrole nitrogens is 1. The Bertz CT molecular complexity index is 840. The molecule has 2 aliphatic rings. The van der Waals surface area contributed by atoms with Gasteiger partial charge in [-0.15, -0.1) is 0 Å². The van der Waals surface area contributed by atoms with Crippen molar-refractivity contribution < 1.29 is 19.0 Å². The topological polar surface area (TPSA) is 79.9 Å². The number of halogens is 1. The fourth-order valence-electron chi connectivity index (χ4n) is 3.61. The number of morpholine rings is 2. The molecule has 1 atom stereocenters. The first kappa shape index (κ1) is 21.1. The molecule has 1 amide bonds. The van der Waals surface area contributed by atoms with Gasteiger partial charge in [0.25, 0.3) is 0 Å². The molecule has 9 heteroatoms. The third-order valence-electron chi connectivity index (χ3n) is 5.33. The molecule has 0 aliphatic carbocycles. The van der Waals surface area contributed by atoms with E-state index >= 15 is 0 Å². The molecule has 2 fully saturated rings. The lowest BCUT2D eigenvalue weighted by molar-refractivity contribution is -0.141. The molecule has 8 nitrogen and oxygen atoms in total. The van der Waals surface area contributed by atoms with Crippen LogP contribution in [-0.4, -0.2) is 85.1 Å². The van der Waals surface area contributed by atoms with Crippen LogP contribution in [-0.2, 0) is 20.7 Å². The van der Waals surface area contributed by atoms with E-state index in [9.17, 15) is 4.79 Å². The van der Waals surface area contributed by atoms with Crippen LogP contribution < -0.4 is 4.74 Å². The number of rotatable bonds is 7. The van der Waals surface area contributed by atoms with Gasteiger partial charge in [0.05, 0.1) is 50.2 Å². The molecule has 30 heavy (non-hydrogen) atoms. The average Bonchev–Trinajstić information content (AvgIpc) is 3.25. The fraction of sp³-hybridized carbons (Fsp3) is 0.524. The molecule has 2 aliphatic heterocycles. The Morgan fingerprint density at radius 2 is 2.07 bits per heavy atom. The first-order valence-electron chi connectivity index (χ1n) is 10.3. The third kappa shape index (κ3) is 5.51. The number of ether oxygens (including phenoxy) is 3. The molecule has 1 N–H and O–H groups in total. The summed E-state index contributed by atoms with van der Waals surface area (Å²) in [5.41, 5.74) is 1.77. The van der Waals surface area contributed by atoms with Crippen molar-refractivity contribution in [1.29, 1.82) is 0 Å². The molecule has 2 saturated heterocycles. The van der Waals surface area contributed by atoms with Crippen LogP contribution in [0.3, 0.4) is 0 Å². The molecule has 0 saturated carbocycles. The zero-order valence-electron chi connectivity index (χ0n) is 16.9. The van der Waals surface area contributed by atoms with Gasteiger partial charge in [-0.2, -0.15) is 5.10 Å². The lowest BCUT2D eigenvalue weighted by Crippen LogP contribution is -2.48. The van der Waals surface area contributed by atoms with E-state index in [1.165, 1.54) is 0 Å². The lowest BCUT2D eigenvalue weighted by atomic mass is 10.2. The molecule has 2 aromatic rings. The molecule has 1 unspecified atom stereocenters. The summed E-state index contributed by atoms with van der Waals surface area (Å²) in [4.78, 5) is 16.7. The molecule has 0 bridgehead atoms. The number of hydrogen-bond acceptors (Lipinski definition) is 6. The van der Waals surface area contributed by atoms with Gasteiger partial charge < -0.3 is 19.1 Å². The van der Waals surface area contributed by atoms with Gasteiger partial charge in [0.15, 0.2) is 0 Å². The Morgan fingerprint density at radius 1 is 1.23 bits per heavy atom. The molecule has 162 valence electrons. The van der Waals surface area contributed by atoms with Gasteiger partial charge in [0, 0.05) is 31.7 Å². The summed E-state index contributed by atoms with van der Waals surface area (Å²) >= 11 is 6.11. The number of hydrogen-bond donors (Lipinski definition) is 1. The highest BCUT2D eigenvalue weighted by Crippen LogP contribution is 2.24. The summed E-state index contributed by atoms with van der Waals surface area (Å²) in [5, 5.41) is 8.04. The summed E-state index contributed by atoms with van der Waals surface area (Å²) in [6.07, 6.45) is 0.451. The number of nitrogens with zero attached hydrogens (tertiary/aromatic N) is 3. The van der Waals surface area contributed by atoms with Crippen molar-refractivity contribution in [2.24, 2.45) is 0 Å². The van der Waals surface area contributed by atoms with Crippen LogP contribution in [0.4, 0.5) is 0 Å². The van der Waals surface area contributed by atoms with Crippen LogP contribution in [0.1, 0.15) is 17.5 Å². The van der Waals surface area contributed by atoms with Gasteiger partial charge in [-0.1, -0.05) is 23.7 Å². The normalized spacial score (nSPS) is 20.3. The van der Waals surface area contributed by atoms with Crippen LogP contribution in [0.5, 0.6) is 5.75 Å². The van der Waals surface area contributed by atoms with Crippen LogP contribution in [0.15, 0.2) is 30.3 Å². The van der Waals surface area contributed by atoms with E-state index < -0.39 is 0 Å². The predicted octanol–water partition coefficient (Wildman–Crippen LogP) is 1.92. The Labute approximate surface area is 181 Å². The Hall–Kier alpha value is -2.13. The standard InChI is InChI=1S/C21H27ClN4O4/c22-17-3-1-2-4-19(17)29-9-5-16-13-18(24-23-16)20-14-26(8-12-30-20)21(27)15-25-6-10-28-11-7-25/h1-4,13,20H,5-12,14-15H2,(H,23,24). The molecule has 3 heterocycles. The maximum absolute atomic E-state index is 12.7. The Morgan fingerprint density at radius 3 is 2.90 bits per heavy atom. The number of carbonyl (C=O) groups excluding carboxylic acids is 1.